The number of alkyl carbamates (subject to hydrolysis) is 1. The summed E-state index contributed by atoms with van der Waals surface area (Å²) in [5.41, 5.74) is 1.50. The highest BCUT2D eigenvalue weighted by Crippen LogP contribution is 2.49. The highest BCUT2D eigenvalue weighted by Gasteiger charge is 2.48. The molecule has 1 N–H and O–H groups in total. The molecule has 67 heavy (non-hydrogen) atoms. The van der Waals surface area contributed by atoms with Crippen LogP contribution in [0.25, 0.3) is 0 Å². The monoisotopic (exact) mass is 977 g/mol. The Hall–Kier alpha value is -5.41. The molecule has 0 aliphatic carbocycles. The molecular weight excluding hydrogens is 921 g/mol. The summed E-state index contributed by atoms with van der Waals surface area (Å²) in [4.78, 5) is 26.1. The molecule has 1 heterocycles. The van der Waals surface area contributed by atoms with E-state index in [4.69, 9.17) is 49.1 Å². The maximum atomic E-state index is 14.2. The highest BCUT2D eigenvalue weighted by atomic mass is 35.5. The van der Waals surface area contributed by atoms with Crippen molar-refractivity contribution in [3.05, 3.63) is 155 Å². The Morgan fingerprint density at radius 2 is 1.33 bits per heavy atom. The Labute approximate surface area is 397 Å². The zero-order valence-corrected chi connectivity index (χ0v) is 41.1. The maximum Gasteiger partial charge on any atom is 0.407 e. The number of sulfone groups is 1. The number of carbonyl (C=O) groups is 2. The smallest absolute Gasteiger partial charge is 0.407 e. The Morgan fingerprint density at radius 3 is 1.87 bits per heavy atom. The molecular formula is C50H57ClNO13PS. The maximum absolute atomic E-state index is 14.2. The van der Waals surface area contributed by atoms with Crippen LogP contribution in [0.5, 0.6) is 17.2 Å². The fraction of sp³-hybridized carbons (Fsp3) is 0.360. The lowest BCUT2D eigenvalue weighted by molar-refractivity contribution is -0.158. The van der Waals surface area contributed by atoms with E-state index in [0.29, 0.717) is 16.5 Å². The van der Waals surface area contributed by atoms with E-state index in [-0.39, 0.29) is 23.9 Å². The third-order valence-corrected chi connectivity index (χ3v) is 14.3. The number of amides is 1. The summed E-state index contributed by atoms with van der Waals surface area (Å²) in [6.45, 7) is 9.32. The number of esters is 1. The van der Waals surface area contributed by atoms with E-state index in [9.17, 15) is 22.6 Å². The molecule has 1 fully saturated rings. The topological polar surface area (TPSA) is 171 Å². The van der Waals surface area contributed by atoms with Gasteiger partial charge in [0.15, 0.2) is 9.84 Å². The van der Waals surface area contributed by atoms with E-state index >= 15 is 0 Å². The minimum absolute atomic E-state index is 0.0212. The number of benzene rings is 5. The summed E-state index contributed by atoms with van der Waals surface area (Å²) < 4.78 is 87.6. The Kier molecular flexibility index (Phi) is 16.5. The van der Waals surface area contributed by atoms with Gasteiger partial charge in [-0.1, -0.05) is 78.3 Å². The van der Waals surface area contributed by atoms with Crippen molar-refractivity contribution in [2.45, 2.75) is 82.2 Å². The van der Waals surface area contributed by atoms with Gasteiger partial charge in [-0.05, 0) is 118 Å². The Balaban J connectivity index is 1.19. The van der Waals surface area contributed by atoms with Gasteiger partial charge in [0, 0.05) is 11.7 Å². The largest absolute Gasteiger partial charge is 0.497 e. The van der Waals surface area contributed by atoms with Crippen LogP contribution in [0.4, 0.5) is 4.79 Å². The van der Waals surface area contributed by atoms with Gasteiger partial charge < -0.3 is 38.3 Å². The number of nitrogens with one attached hydrogen (secondary N) is 1. The van der Waals surface area contributed by atoms with Gasteiger partial charge >= 0.3 is 19.7 Å². The lowest BCUT2D eigenvalue weighted by Gasteiger charge is -2.36. The molecule has 1 aliphatic rings. The summed E-state index contributed by atoms with van der Waals surface area (Å²) in [6, 6.07) is 36.9. The molecule has 1 aliphatic heterocycles. The lowest BCUT2D eigenvalue weighted by atomic mass is 9.80. The summed E-state index contributed by atoms with van der Waals surface area (Å²) in [5.74, 6) is 0.595. The zero-order valence-electron chi connectivity index (χ0n) is 38.7. The number of halogens is 1. The number of hydrogen-bond acceptors (Lipinski definition) is 13. The number of carbonyl (C=O) groups excluding carboxylic acids is 2. The third kappa shape index (κ3) is 13.0. The molecule has 4 unspecified atom stereocenters. The van der Waals surface area contributed by atoms with E-state index < -0.39 is 76.7 Å². The molecule has 14 nitrogen and oxygen atoms in total. The third-order valence-electron chi connectivity index (χ3n) is 11.0. The summed E-state index contributed by atoms with van der Waals surface area (Å²) in [7, 11) is -4.64. The van der Waals surface area contributed by atoms with Crippen molar-refractivity contribution in [1.29, 1.82) is 0 Å². The van der Waals surface area contributed by atoms with Crippen molar-refractivity contribution in [2.75, 3.05) is 33.2 Å². The van der Waals surface area contributed by atoms with Gasteiger partial charge in [-0.25, -0.2) is 17.8 Å². The van der Waals surface area contributed by atoms with Crippen molar-refractivity contribution in [3.8, 4) is 17.2 Å². The molecule has 5 aromatic carbocycles. The minimum atomic E-state index is -4.03. The first-order chi connectivity index (χ1) is 31.7. The lowest BCUT2D eigenvalue weighted by Crippen LogP contribution is -2.49. The van der Waals surface area contributed by atoms with Gasteiger partial charge in [-0.3, -0.25) is 9.32 Å². The van der Waals surface area contributed by atoms with Gasteiger partial charge in [0.2, 0.25) is 0 Å². The summed E-state index contributed by atoms with van der Waals surface area (Å²) in [6.07, 6.45) is -4.97. The highest BCUT2D eigenvalue weighted by molar-refractivity contribution is 7.91. The van der Waals surface area contributed by atoms with Gasteiger partial charge in [0.1, 0.15) is 47.8 Å². The van der Waals surface area contributed by atoms with Crippen LogP contribution in [0, 0.1) is 5.41 Å². The first kappa shape index (κ1) is 51.0. The van der Waals surface area contributed by atoms with Gasteiger partial charge in [0.05, 0.1) is 49.0 Å². The second-order valence-electron chi connectivity index (χ2n) is 17.2. The summed E-state index contributed by atoms with van der Waals surface area (Å²) >= 11 is 5.93. The average Bonchev–Trinajstić information content (AvgIpc) is 3.57. The molecule has 0 radical (unpaired) electrons. The predicted octanol–water partition coefficient (Wildman–Crippen LogP) is 9.79. The van der Waals surface area contributed by atoms with Crippen LogP contribution in [-0.2, 0) is 54.9 Å². The normalized spacial score (nSPS) is 18.8. The first-order valence-corrected chi connectivity index (χ1v) is 25.6. The van der Waals surface area contributed by atoms with Crippen LogP contribution in [0.15, 0.2) is 132 Å². The van der Waals surface area contributed by atoms with E-state index in [1.54, 1.807) is 66.2 Å². The number of ether oxygens (including phenoxy) is 6. The average molecular weight is 978 g/mol. The Bertz CT molecular complexity index is 2540. The zero-order chi connectivity index (χ0) is 48.6. The van der Waals surface area contributed by atoms with Crippen LogP contribution in [-0.4, -0.2) is 84.2 Å². The van der Waals surface area contributed by atoms with Crippen LogP contribution >= 0.6 is 19.2 Å². The van der Waals surface area contributed by atoms with Crippen LogP contribution in [0.2, 0.25) is 5.02 Å². The number of rotatable bonds is 19. The molecule has 6 atom stereocenters. The van der Waals surface area contributed by atoms with Crippen LogP contribution in [0.1, 0.15) is 56.9 Å². The molecule has 5 aromatic rings. The van der Waals surface area contributed by atoms with Crippen molar-refractivity contribution >= 4 is 41.1 Å². The van der Waals surface area contributed by atoms with Crippen molar-refractivity contribution in [1.82, 2.24) is 5.32 Å². The molecule has 0 spiro atoms. The Morgan fingerprint density at radius 1 is 0.791 bits per heavy atom. The van der Waals surface area contributed by atoms with Crippen molar-refractivity contribution in [3.63, 3.8) is 0 Å². The fourth-order valence-electron chi connectivity index (χ4n) is 7.56. The van der Waals surface area contributed by atoms with Crippen LogP contribution < -0.4 is 19.3 Å². The molecule has 0 saturated carbocycles. The van der Waals surface area contributed by atoms with E-state index in [2.05, 4.69) is 5.32 Å². The molecule has 1 amide bonds. The molecule has 358 valence electrons. The number of methoxy groups -OCH3 is 2. The SMILES string of the molecule is COc1ccc(C(OCc2ccc(OP(C)(=O)OC3C(NC(=O)OC(C)CS(=O)(=O)c4ccc(Cl)cc4)[C@H](C)O[C@@H]3COC(=O)C(C)(C)C)cc2)(c2ccccc2)c2ccc(OC)cc2)cc1. The fourth-order valence-corrected chi connectivity index (χ4v) is 10.4. The van der Waals surface area contributed by atoms with Crippen LogP contribution in [0.3, 0.4) is 0 Å². The van der Waals surface area contributed by atoms with E-state index in [0.717, 1.165) is 22.3 Å². The standard InChI is InChI=1S/C50H57ClNO13PS/c1-33(32-67(56,57)43-28-20-39(51)21-29-43)62-48(54)52-45-34(2)63-44(31-60-47(53)49(3,4)5)46(45)65-66(8,55)64-42-22-14-35(15-23-42)30-61-50(36-12-10-9-11-13-36,37-16-24-40(58-6)25-17-37)38-18-26-41(59-7)27-19-38/h9-29,33-34,44-46H,30-32H2,1-8H3,(H,52,54)/t33?,34-,44+,45?,46?,66?/m0/s1. The molecule has 6 rings (SSSR count). The first-order valence-electron chi connectivity index (χ1n) is 21.5. The second-order valence-corrected chi connectivity index (χ2v) is 21.6. The van der Waals surface area contributed by atoms with Gasteiger partial charge in [-0.15, -0.1) is 0 Å². The van der Waals surface area contributed by atoms with Gasteiger partial charge in [-0.2, -0.15) is 0 Å². The summed E-state index contributed by atoms with van der Waals surface area (Å²) in [5, 5.41) is 3.06. The minimum Gasteiger partial charge on any atom is -0.497 e. The predicted molar refractivity (Wildman–Crippen MR) is 254 cm³/mol. The quantitative estimate of drug-likeness (QED) is 0.0472. The van der Waals surface area contributed by atoms with Gasteiger partial charge in [0.25, 0.3) is 0 Å². The number of hydrogen-bond donors (Lipinski definition) is 1. The molecule has 0 aromatic heterocycles. The molecule has 17 heteroatoms. The van der Waals surface area contributed by atoms with E-state index in [1.165, 1.54) is 37.9 Å². The van der Waals surface area contributed by atoms with Crippen molar-refractivity contribution < 1.29 is 60.0 Å². The molecule has 1 saturated heterocycles. The second kappa shape index (κ2) is 21.7. The van der Waals surface area contributed by atoms with Crippen molar-refractivity contribution in [2.24, 2.45) is 5.41 Å². The molecule has 0 bridgehead atoms. The van der Waals surface area contributed by atoms with E-state index in [1.807, 2.05) is 78.9 Å².